The normalized spacial score (nSPS) is 21.1. The van der Waals surface area contributed by atoms with Crippen LogP contribution >= 0.6 is 0 Å². The molecule has 2 aliphatic carbocycles. The summed E-state index contributed by atoms with van der Waals surface area (Å²) in [6, 6.07) is 9.24. The number of amides is 1. The molecule has 7 nitrogen and oxygen atoms in total. The Morgan fingerprint density at radius 1 is 1.00 bits per heavy atom. The second-order valence-corrected chi connectivity index (χ2v) is 11.7. The van der Waals surface area contributed by atoms with Crippen LogP contribution in [0.25, 0.3) is 0 Å². The minimum atomic E-state index is -5.03. The van der Waals surface area contributed by atoms with Crippen molar-refractivity contribution >= 4 is 5.91 Å². The highest BCUT2D eigenvalue weighted by Crippen LogP contribution is 2.41. The van der Waals surface area contributed by atoms with E-state index in [9.17, 15) is 41.4 Å². The molecule has 46 heavy (non-hydrogen) atoms. The van der Waals surface area contributed by atoms with E-state index in [2.05, 4.69) is 16.0 Å². The van der Waals surface area contributed by atoms with Gasteiger partial charge in [-0.3, -0.25) is 15.0 Å². The van der Waals surface area contributed by atoms with Crippen molar-refractivity contribution in [3.63, 3.8) is 0 Å². The van der Waals surface area contributed by atoms with Gasteiger partial charge in [0.1, 0.15) is 6.23 Å². The highest BCUT2D eigenvalue weighted by molar-refractivity contribution is 5.80. The third-order valence-electron chi connectivity index (χ3n) is 8.45. The van der Waals surface area contributed by atoms with Gasteiger partial charge in [0.25, 0.3) is 5.91 Å². The third-order valence-corrected chi connectivity index (χ3v) is 8.45. The molecule has 0 bridgehead atoms. The van der Waals surface area contributed by atoms with Gasteiger partial charge >= 0.3 is 12.4 Å². The zero-order valence-electron chi connectivity index (χ0n) is 26.3. The molecule has 0 spiro atoms. The molecule has 1 aromatic carbocycles. The SMILES string of the molecule is CCN(C(O)C(=O)NCCNCCc1ccccc1)C(CNC(O)C1=CC(C(F)(F)F)=CC(C(F)(F)F)C1)C1C=C(C)C(C)=CC1. The van der Waals surface area contributed by atoms with E-state index in [0.29, 0.717) is 25.6 Å². The first kappa shape index (κ1) is 37.5. The zero-order chi connectivity index (χ0) is 34.1. The first-order valence-electron chi connectivity index (χ1n) is 15.4. The van der Waals surface area contributed by atoms with Crippen molar-refractivity contribution in [2.45, 2.75) is 70.9 Å². The van der Waals surface area contributed by atoms with Gasteiger partial charge in [0, 0.05) is 25.7 Å². The van der Waals surface area contributed by atoms with Crippen molar-refractivity contribution in [1.29, 1.82) is 0 Å². The van der Waals surface area contributed by atoms with Gasteiger partial charge in [0.05, 0.1) is 11.5 Å². The van der Waals surface area contributed by atoms with Gasteiger partial charge in [-0.15, -0.1) is 0 Å². The van der Waals surface area contributed by atoms with Crippen molar-refractivity contribution < 1.29 is 41.4 Å². The zero-order valence-corrected chi connectivity index (χ0v) is 26.3. The molecule has 1 amide bonds. The Hall–Kier alpha value is -2.97. The summed E-state index contributed by atoms with van der Waals surface area (Å²) in [5, 5.41) is 30.5. The highest BCUT2D eigenvalue weighted by atomic mass is 19.4. The van der Waals surface area contributed by atoms with Crippen LogP contribution in [0.1, 0.15) is 39.2 Å². The summed E-state index contributed by atoms with van der Waals surface area (Å²) in [4.78, 5) is 14.5. The lowest BCUT2D eigenvalue weighted by Crippen LogP contribution is -2.57. The Morgan fingerprint density at radius 2 is 1.70 bits per heavy atom. The standard InChI is InChI=1S/C33H44F6N4O3/c1-4-43(31(46)30(45)41-15-14-40-13-12-23-8-6-5-7-9-23)28(24-11-10-21(2)22(3)16-24)20-42-29(44)25-17-26(32(34,35)36)19-27(18-25)33(37,38)39/h5-10,16-17,19,24,27-29,31,40,42,44,46H,4,11-15,18,20H2,1-3H3,(H,41,45). The Bertz CT molecular complexity index is 1280. The molecule has 0 fully saturated rings. The number of nitrogens with one attached hydrogen (secondary N) is 3. The Labute approximate surface area is 266 Å². The average Bonchev–Trinajstić information content (AvgIpc) is 3.01. The lowest BCUT2D eigenvalue weighted by atomic mass is 9.85. The van der Waals surface area contributed by atoms with E-state index in [0.717, 1.165) is 17.6 Å². The molecule has 256 valence electrons. The van der Waals surface area contributed by atoms with Crippen molar-refractivity contribution in [1.82, 2.24) is 20.9 Å². The van der Waals surface area contributed by atoms with Crippen molar-refractivity contribution in [3.05, 3.63) is 82.5 Å². The first-order valence-corrected chi connectivity index (χ1v) is 15.4. The van der Waals surface area contributed by atoms with Gasteiger partial charge in [0.2, 0.25) is 0 Å². The molecule has 0 aliphatic heterocycles. The maximum atomic E-state index is 13.5. The van der Waals surface area contributed by atoms with Crippen LogP contribution in [0.4, 0.5) is 26.3 Å². The monoisotopic (exact) mass is 658 g/mol. The van der Waals surface area contributed by atoms with Crippen LogP contribution in [-0.4, -0.2) is 84.6 Å². The number of carbonyl (C=O) groups excluding carboxylic acids is 1. The van der Waals surface area contributed by atoms with E-state index in [1.54, 1.807) is 6.92 Å². The summed E-state index contributed by atoms with van der Waals surface area (Å²) in [5.74, 6) is -3.33. The number of hydrogen-bond acceptors (Lipinski definition) is 6. The number of aliphatic hydroxyl groups is 2. The number of hydrogen-bond donors (Lipinski definition) is 5. The molecule has 0 heterocycles. The molecule has 3 rings (SSSR count). The minimum absolute atomic E-state index is 0.135. The maximum absolute atomic E-state index is 13.5. The van der Waals surface area contributed by atoms with Crippen molar-refractivity contribution in [3.8, 4) is 0 Å². The molecule has 5 atom stereocenters. The van der Waals surface area contributed by atoms with Gasteiger partial charge in [-0.25, -0.2) is 0 Å². The average molecular weight is 659 g/mol. The fraction of sp³-hybridized carbons (Fsp3) is 0.545. The smallest absolute Gasteiger partial charge is 0.375 e. The van der Waals surface area contributed by atoms with Gasteiger partial charge in [-0.1, -0.05) is 66.6 Å². The minimum Gasteiger partial charge on any atom is -0.375 e. The molecule has 0 saturated carbocycles. The number of nitrogens with zero attached hydrogens (tertiary/aromatic N) is 1. The van der Waals surface area contributed by atoms with E-state index in [1.807, 2.05) is 56.3 Å². The second kappa shape index (κ2) is 16.7. The van der Waals surface area contributed by atoms with Gasteiger partial charge in [-0.05, 0) is 69.3 Å². The van der Waals surface area contributed by atoms with Gasteiger partial charge < -0.3 is 20.8 Å². The van der Waals surface area contributed by atoms with E-state index in [4.69, 9.17) is 0 Å². The molecular formula is C33H44F6N4O3. The summed E-state index contributed by atoms with van der Waals surface area (Å²) in [6.07, 6.45) is -8.26. The van der Waals surface area contributed by atoms with Gasteiger partial charge in [-0.2, -0.15) is 26.3 Å². The summed E-state index contributed by atoms with van der Waals surface area (Å²) in [7, 11) is 0. The molecule has 1 aromatic rings. The predicted molar refractivity (Wildman–Crippen MR) is 164 cm³/mol. The Kier molecular flexibility index (Phi) is 13.6. The Balaban J connectivity index is 1.68. The molecule has 0 radical (unpaired) electrons. The van der Waals surface area contributed by atoms with Crippen molar-refractivity contribution in [2.24, 2.45) is 11.8 Å². The van der Waals surface area contributed by atoms with E-state index < -0.39 is 60.2 Å². The molecule has 0 saturated heterocycles. The summed E-state index contributed by atoms with van der Waals surface area (Å²) < 4.78 is 80.7. The number of halogens is 6. The lowest BCUT2D eigenvalue weighted by molar-refractivity contribution is -0.163. The van der Waals surface area contributed by atoms with Crippen molar-refractivity contribution in [2.75, 3.05) is 32.7 Å². The molecule has 2 aliphatic rings. The second-order valence-electron chi connectivity index (χ2n) is 11.7. The molecule has 13 heteroatoms. The van der Waals surface area contributed by atoms with E-state index in [-0.39, 0.29) is 31.6 Å². The topological polar surface area (TPSA) is 96.9 Å². The van der Waals surface area contributed by atoms with E-state index in [1.165, 1.54) is 10.5 Å². The number of aliphatic hydroxyl groups excluding tert-OH is 2. The number of allylic oxidation sites excluding steroid dienone is 6. The predicted octanol–water partition coefficient (Wildman–Crippen LogP) is 4.76. The summed E-state index contributed by atoms with van der Waals surface area (Å²) in [6.45, 7) is 7.02. The summed E-state index contributed by atoms with van der Waals surface area (Å²) >= 11 is 0. The number of likely N-dealkylation sites (N-methyl/N-ethyl adjacent to an activating group) is 1. The maximum Gasteiger partial charge on any atom is 0.416 e. The Morgan fingerprint density at radius 3 is 2.30 bits per heavy atom. The number of benzene rings is 1. The van der Waals surface area contributed by atoms with Crippen LogP contribution in [0.5, 0.6) is 0 Å². The van der Waals surface area contributed by atoms with Crippen LogP contribution < -0.4 is 16.0 Å². The van der Waals surface area contributed by atoms with Crippen LogP contribution in [0.3, 0.4) is 0 Å². The van der Waals surface area contributed by atoms with Crippen LogP contribution in [0.2, 0.25) is 0 Å². The fourth-order valence-corrected chi connectivity index (χ4v) is 5.66. The highest BCUT2D eigenvalue weighted by Gasteiger charge is 2.45. The van der Waals surface area contributed by atoms with Crippen LogP contribution in [0, 0.1) is 11.8 Å². The van der Waals surface area contributed by atoms with E-state index >= 15 is 0 Å². The molecule has 5 unspecified atom stereocenters. The third kappa shape index (κ3) is 10.8. The quantitative estimate of drug-likeness (QED) is 0.106. The summed E-state index contributed by atoms with van der Waals surface area (Å²) in [5.41, 5.74) is 1.24. The number of carbonyl (C=O) groups is 1. The first-order chi connectivity index (χ1) is 21.6. The molecular weight excluding hydrogens is 614 g/mol. The van der Waals surface area contributed by atoms with Crippen LogP contribution in [0.15, 0.2) is 76.9 Å². The van der Waals surface area contributed by atoms with Crippen LogP contribution in [-0.2, 0) is 11.2 Å². The number of rotatable bonds is 15. The largest absolute Gasteiger partial charge is 0.416 e. The molecule has 5 N–H and O–H groups in total. The number of alkyl halides is 6. The fourth-order valence-electron chi connectivity index (χ4n) is 5.66. The lowest BCUT2D eigenvalue weighted by Gasteiger charge is -2.39. The van der Waals surface area contributed by atoms with Gasteiger partial charge in [0.15, 0.2) is 6.23 Å². The molecule has 0 aromatic heterocycles.